The van der Waals surface area contributed by atoms with Crippen LogP contribution in [-0.2, 0) is 0 Å². The summed E-state index contributed by atoms with van der Waals surface area (Å²) in [7, 11) is 1.66. The summed E-state index contributed by atoms with van der Waals surface area (Å²) in [6, 6.07) is 16.0. The van der Waals surface area contributed by atoms with Crippen LogP contribution in [0.25, 0.3) is 0 Å². The predicted molar refractivity (Wildman–Crippen MR) is 100 cm³/mol. The van der Waals surface area contributed by atoms with Crippen molar-refractivity contribution in [3.63, 3.8) is 0 Å². The Morgan fingerprint density at radius 1 is 1.12 bits per heavy atom. The van der Waals surface area contributed by atoms with E-state index in [9.17, 15) is 0 Å². The molecule has 1 aromatic heterocycles. The molecule has 0 amide bonds. The molecule has 0 radical (unpaired) electrons. The Morgan fingerprint density at radius 3 is 2.40 bits per heavy atom. The van der Waals surface area contributed by atoms with E-state index in [1.54, 1.807) is 19.8 Å². The van der Waals surface area contributed by atoms with Gasteiger partial charge in [-0.05, 0) is 48.4 Å². The third-order valence-corrected chi connectivity index (χ3v) is 4.47. The van der Waals surface area contributed by atoms with Crippen LogP contribution < -0.4 is 10.1 Å². The minimum Gasteiger partial charge on any atom is -0.497 e. The fourth-order valence-electron chi connectivity index (χ4n) is 2.90. The molecule has 0 saturated carbocycles. The zero-order valence-electron chi connectivity index (χ0n) is 14.3. The lowest BCUT2D eigenvalue weighted by Gasteiger charge is -2.28. The summed E-state index contributed by atoms with van der Waals surface area (Å²) in [4.78, 5) is 4.10. The molecule has 6 heteroatoms. The lowest BCUT2D eigenvalue weighted by atomic mass is 9.97. The number of benzene rings is 2. The second-order valence-electron chi connectivity index (χ2n) is 5.75. The molecule has 130 valence electrons. The van der Waals surface area contributed by atoms with Crippen molar-refractivity contribution in [3.05, 3.63) is 71.8 Å². The van der Waals surface area contributed by atoms with Gasteiger partial charge in [-0.1, -0.05) is 30.7 Å². The molecule has 0 bridgehead atoms. The maximum atomic E-state index is 6.06. The number of anilines is 1. The quantitative estimate of drug-likeness (QED) is 0.664. The molecule has 2 atom stereocenters. The summed E-state index contributed by atoms with van der Waals surface area (Å²) in [6.07, 6.45) is 4.22. The van der Waals surface area contributed by atoms with Crippen molar-refractivity contribution in [1.29, 1.82) is 0 Å². The molecule has 2 unspecified atom stereocenters. The number of hydrogen-bond acceptors (Lipinski definition) is 4. The van der Waals surface area contributed by atoms with Gasteiger partial charge in [0.1, 0.15) is 18.4 Å². The van der Waals surface area contributed by atoms with Crippen LogP contribution in [0.4, 0.5) is 5.69 Å². The van der Waals surface area contributed by atoms with Crippen molar-refractivity contribution in [3.8, 4) is 5.75 Å². The molecule has 5 nitrogen and oxygen atoms in total. The van der Waals surface area contributed by atoms with Gasteiger partial charge in [-0.15, -0.1) is 0 Å². The van der Waals surface area contributed by atoms with Crippen LogP contribution in [0.15, 0.2) is 61.2 Å². The fourth-order valence-corrected chi connectivity index (χ4v) is 3.03. The largest absolute Gasteiger partial charge is 0.497 e. The van der Waals surface area contributed by atoms with E-state index in [-0.39, 0.29) is 12.1 Å². The molecule has 2 aromatic carbocycles. The minimum atomic E-state index is 0.0253. The van der Waals surface area contributed by atoms with Gasteiger partial charge in [0.15, 0.2) is 0 Å². The third kappa shape index (κ3) is 4.12. The van der Waals surface area contributed by atoms with Gasteiger partial charge < -0.3 is 10.1 Å². The van der Waals surface area contributed by atoms with Gasteiger partial charge in [0.25, 0.3) is 0 Å². The molecule has 0 aliphatic heterocycles. The van der Waals surface area contributed by atoms with Crippen LogP contribution in [0.5, 0.6) is 5.75 Å². The maximum Gasteiger partial charge on any atom is 0.137 e. The van der Waals surface area contributed by atoms with Gasteiger partial charge in [-0.3, -0.25) is 0 Å². The molecule has 0 saturated heterocycles. The molecule has 0 fully saturated rings. The highest BCUT2D eigenvalue weighted by Crippen LogP contribution is 2.33. The zero-order chi connectivity index (χ0) is 17.6. The van der Waals surface area contributed by atoms with E-state index in [2.05, 4.69) is 22.3 Å². The molecule has 0 aliphatic rings. The maximum absolute atomic E-state index is 6.06. The third-order valence-electron chi connectivity index (χ3n) is 4.22. The summed E-state index contributed by atoms with van der Waals surface area (Å²) in [6.45, 7) is 2.14. The first-order chi connectivity index (χ1) is 12.2. The second-order valence-corrected chi connectivity index (χ2v) is 6.19. The Balaban J connectivity index is 1.94. The lowest BCUT2D eigenvalue weighted by molar-refractivity contribution is 0.388. The van der Waals surface area contributed by atoms with Crippen LogP contribution in [0, 0.1) is 0 Å². The first-order valence-corrected chi connectivity index (χ1v) is 8.59. The van der Waals surface area contributed by atoms with Crippen LogP contribution in [0.1, 0.15) is 31.0 Å². The Bertz CT molecular complexity index is 772. The number of hydrogen-bond donors (Lipinski definition) is 1. The van der Waals surface area contributed by atoms with Crippen molar-refractivity contribution in [2.75, 3.05) is 12.4 Å². The first kappa shape index (κ1) is 17.3. The highest BCUT2D eigenvalue weighted by Gasteiger charge is 2.24. The van der Waals surface area contributed by atoms with Gasteiger partial charge >= 0.3 is 0 Å². The normalized spacial score (nSPS) is 13.2. The number of aromatic nitrogens is 3. The number of nitrogens with zero attached hydrogens (tertiary/aromatic N) is 3. The number of halogens is 1. The minimum absolute atomic E-state index is 0.0253. The fraction of sp³-hybridized carbons (Fsp3) is 0.263. The molecule has 0 aliphatic carbocycles. The SMILES string of the molecule is CCC(C(Nc1ccc(OC)cc1)c1ccc(Cl)cc1)n1cncn1. The Kier molecular flexibility index (Phi) is 5.56. The Morgan fingerprint density at radius 2 is 1.84 bits per heavy atom. The zero-order valence-corrected chi connectivity index (χ0v) is 15.0. The van der Waals surface area contributed by atoms with Gasteiger partial charge in [0.05, 0.1) is 19.2 Å². The highest BCUT2D eigenvalue weighted by atomic mass is 35.5. The number of nitrogens with one attached hydrogen (secondary N) is 1. The van der Waals surface area contributed by atoms with Crippen molar-refractivity contribution in [1.82, 2.24) is 14.8 Å². The van der Waals surface area contributed by atoms with Gasteiger partial charge in [0.2, 0.25) is 0 Å². The number of rotatable bonds is 7. The molecule has 0 spiro atoms. The highest BCUT2D eigenvalue weighted by molar-refractivity contribution is 6.30. The van der Waals surface area contributed by atoms with Crippen LogP contribution in [0.2, 0.25) is 5.02 Å². The standard InChI is InChI=1S/C19H21ClN4O/c1-3-18(24-13-21-12-22-24)19(14-4-6-15(20)7-5-14)23-16-8-10-17(25-2)11-9-16/h4-13,18-19,23H,3H2,1-2H3. The number of methoxy groups -OCH3 is 1. The van der Waals surface area contributed by atoms with Crippen LogP contribution in [0.3, 0.4) is 0 Å². The summed E-state index contributed by atoms with van der Waals surface area (Å²) in [5.74, 6) is 0.830. The Labute approximate surface area is 152 Å². The smallest absolute Gasteiger partial charge is 0.137 e. The van der Waals surface area contributed by atoms with Crippen LogP contribution >= 0.6 is 11.6 Å². The van der Waals surface area contributed by atoms with Crippen molar-refractivity contribution in [2.45, 2.75) is 25.4 Å². The van der Waals surface area contributed by atoms with E-state index < -0.39 is 0 Å². The average Bonchev–Trinajstić information content (AvgIpc) is 3.17. The summed E-state index contributed by atoms with van der Waals surface area (Å²) >= 11 is 6.06. The van der Waals surface area contributed by atoms with Crippen molar-refractivity contribution in [2.24, 2.45) is 0 Å². The summed E-state index contributed by atoms with van der Waals surface area (Å²) in [5, 5.41) is 8.68. The van der Waals surface area contributed by atoms with Crippen molar-refractivity contribution < 1.29 is 4.74 Å². The van der Waals surface area contributed by atoms with Gasteiger partial charge in [-0.2, -0.15) is 5.10 Å². The van der Waals surface area contributed by atoms with Gasteiger partial charge in [0, 0.05) is 10.7 Å². The predicted octanol–water partition coefficient (Wildman–Crippen LogP) is 4.74. The molecule has 3 aromatic rings. The first-order valence-electron chi connectivity index (χ1n) is 8.21. The van der Waals surface area contributed by atoms with E-state index in [0.717, 1.165) is 28.4 Å². The molecule has 1 heterocycles. The molecule has 1 N–H and O–H groups in total. The second kappa shape index (κ2) is 8.03. The van der Waals surface area contributed by atoms with Crippen molar-refractivity contribution >= 4 is 17.3 Å². The molecule has 25 heavy (non-hydrogen) atoms. The monoisotopic (exact) mass is 356 g/mol. The molecule has 3 rings (SSSR count). The van der Waals surface area contributed by atoms with E-state index >= 15 is 0 Å². The summed E-state index contributed by atoms with van der Waals surface area (Å²) < 4.78 is 7.13. The van der Waals surface area contributed by atoms with E-state index in [1.165, 1.54) is 0 Å². The topological polar surface area (TPSA) is 52.0 Å². The van der Waals surface area contributed by atoms with Crippen LogP contribution in [-0.4, -0.2) is 21.9 Å². The van der Waals surface area contributed by atoms with Gasteiger partial charge in [-0.25, -0.2) is 9.67 Å². The number of ether oxygens (including phenoxy) is 1. The van der Waals surface area contributed by atoms with E-state index in [0.29, 0.717) is 0 Å². The van der Waals surface area contributed by atoms with E-state index in [1.807, 2.05) is 53.2 Å². The lowest BCUT2D eigenvalue weighted by Crippen LogP contribution is -2.24. The average molecular weight is 357 g/mol. The summed E-state index contributed by atoms with van der Waals surface area (Å²) in [5.41, 5.74) is 2.15. The Hall–Kier alpha value is -2.53. The molecular formula is C19H21ClN4O. The molecular weight excluding hydrogens is 336 g/mol. The van der Waals surface area contributed by atoms with E-state index in [4.69, 9.17) is 16.3 Å².